The number of alkyl halides is 6. The van der Waals surface area contributed by atoms with Gasteiger partial charge < -0.3 is 15.7 Å². The summed E-state index contributed by atoms with van der Waals surface area (Å²) in [4.78, 5) is 15.2. The topological polar surface area (TPSA) is 74.2 Å². The van der Waals surface area contributed by atoms with Crippen LogP contribution in [-0.4, -0.2) is 22.3 Å². The Hall–Kier alpha value is -2.24. The minimum absolute atomic E-state index is 0.197. The molecule has 0 fully saturated rings. The summed E-state index contributed by atoms with van der Waals surface area (Å²) in [5.74, 6) is 0. The Labute approximate surface area is 169 Å². The summed E-state index contributed by atoms with van der Waals surface area (Å²) in [5, 5.41) is 13.0. The van der Waals surface area contributed by atoms with Gasteiger partial charge in [-0.2, -0.15) is 26.3 Å². The van der Waals surface area contributed by atoms with Gasteiger partial charge in [-0.25, -0.2) is 4.79 Å². The standard InChI is InChI=1S/C16H11Cl2F6N3O2/c17-9-3-8(13(28)16(22,23)24)4-10(18)12(9)27-14(29)26-6-7-1-2-11(25-5-7)15(19,20)21/h1-5,13,28H,6H2,(H2,26,27,29)/t13-/m1/s1. The van der Waals surface area contributed by atoms with Crippen LogP contribution in [-0.2, 0) is 12.7 Å². The number of anilines is 1. The van der Waals surface area contributed by atoms with Crippen LogP contribution in [0.5, 0.6) is 0 Å². The molecule has 0 aliphatic rings. The Bertz CT molecular complexity index is 865. The van der Waals surface area contributed by atoms with Crippen molar-refractivity contribution >= 4 is 34.9 Å². The SMILES string of the molecule is O=C(NCc1ccc(C(F)(F)F)nc1)Nc1c(Cl)cc([C@@H](O)C(F)(F)F)cc1Cl. The molecule has 13 heteroatoms. The second kappa shape index (κ2) is 8.64. The van der Waals surface area contributed by atoms with E-state index in [1.165, 1.54) is 0 Å². The number of hydrogen-bond acceptors (Lipinski definition) is 3. The lowest BCUT2D eigenvalue weighted by Crippen LogP contribution is -2.28. The van der Waals surface area contributed by atoms with Crippen LogP contribution in [0.15, 0.2) is 30.5 Å². The molecule has 2 aromatic rings. The zero-order chi connectivity index (χ0) is 22.0. The van der Waals surface area contributed by atoms with Crippen LogP contribution in [0.2, 0.25) is 10.0 Å². The molecule has 0 bridgehead atoms. The number of pyridine rings is 1. The smallest absolute Gasteiger partial charge is 0.379 e. The Balaban J connectivity index is 2.04. The molecule has 0 aliphatic carbocycles. The van der Waals surface area contributed by atoms with Gasteiger partial charge in [-0.15, -0.1) is 0 Å². The maximum absolute atomic E-state index is 12.6. The summed E-state index contributed by atoms with van der Waals surface area (Å²) in [6, 6.07) is 2.57. The van der Waals surface area contributed by atoms with Gasteiger partial charge >= 0.3 is 18.4 Å². The predicted molar refractivity (Wildman–Crippen MR) is 92.6 cm³/mol. The van der Waals surface area contributed by atoms with Gasteiger partial charge in [-0.1, -0.05) is 29.3 Å². The summed E-state index contributed by atoms with van der Waals surface area (Å²) in [7, 11) is 0. The Morgan fingerprint density at radius 1 is 1.10 bits per heavy atom. The number of aliphatic hydroxyl groups excluding tert-OH is 1. The van der Waals surface area contributed by atoms with Crippen LogP contribution in [0.1, 0.15) is 22.9 Å². The summed E-state index contributed by atoms with van der Waals surface area (Å²) in [6.07, 6.45) is -11.4. The third kappa shape index (κ3) is 6.12. The fraction of sp³-hybridized carbons (Fsp3) is 0.250. The molecule has 1 aromatic heterocycles. The summed E-state index contributed by atoms with van der Waals surface area (Å²) in [5.41, 5.74) is -1.66. The number of amides is 2. The Morgan fingerprint density at radius 2 is 1.69 bits per heavy atom. The van der Waals surface area contributed by atoms with Gasteiger partial charge in [0, 0.05) is 12.7 Å². The molecule has 3 N–H and O–H groups in total. The molecule has 0 radical (unpaired) electrons. The van der Waals surface area contributed by atoms with Gasteiger partial charge in [0.15, 0.2) is 6.10 Å². The third-order valence-electron chi connectivity index (χ3n) is 3.50. The second-order valence-electron chi connectivity index (χ2n) is 5.66. The molecule has 1 atom stereocenters. The molecule has 0 saturated carbocycles. The van der Waals surface area contributed by atoms with Crippen molar-refractivity contribution in [1.29, 1.82) is 0 Å². The molecule has 29 heavy (non-hydrogen) atoms. The van der Waals surface area contributed by atoms with E-state index in [9.17, 15) is 36.2 Å². The summed E-state index contributed by atoms with van der Waals surface area (Å²) < 4.78 is 75.1. The van der Waals surface area contributed by atoms with Crippen molar-refractivity contribution in [3.05, 3.63) is 57.3 Å². The molecule has 0 aliphatic heterocycles. The zero-order valence-corrected chi connectivity index (χ0v) is 15.5. The van der Waals surface area contributed by atoms with Crippen molar-refractivity contribution in [3.63, 3.8) is 0 Å². The van der Waals surface area contributed by atoms with E-state index < -0.39 is 35.7 Å². The lowest BCUT2D eigenvalue weighted by molar-refractivity contribution is -0.206. The molecule has 0 spiro atoms. The van der Waals surface area contributed by atoms with Gasteiger partial charge in [0.05, 0.1) is 15.7 Å². The van der Waals surface area contributed by atoms with E-state index in [0.717, 1.165) is 30.5 Å². The molecule has 0 saturated heterocycles. The molecule has 2 amide bonds. The largest absolute Gasteiger partial charge is 0.433 e. The number of aromatic nitrogens is 1. The van der Waals surface area contributed by atoms with E-state index in [1.807, 2.05) is 0 Å². The lowest BCUT2D eigenvalue weighted by atomic mass is 10.1. The molecule has 1 aromatic carbocycles. The number of urea groups is 1. The molecule has 2 rings (SSSR count). The zero-order valence-electron chi connectivity index (χ0n) is 14.0. The average molecular weight is 462 g/mol. The van der Waals surface area contributed by atoms with Gasteiger partial charge in [-0.05, 0) is 29.3 Å². The average Bonchev–Trinajstić information content (AvgIpc) is 2.61. The van der Waals surface area contributed by atoms with E-state index in [4.69, 9.17) is 23.2 Å². The van der Waals surface area contributed by atoms with Crippen molar-refractivity contribution in [2.75, 3.05) is 5.32 Å². The van der Waals surface area contributed by atoms with E-state index in [-0.39, 0.29) is 27.8 Å². The van der Waals surface area contributed by atoms with Crippen molar-refractivity contribution in [2.24, 2.45) is 0 Å². The fourth-order valence-corrected chi connectivity index (χ4v) is 2.69. The minimum atomic E-state index is -4.94. The van der Waals surface area contributed by atoms with Gasteiger partial charge in [0.1, 0.15) is 5.69 Å². The maximum Gasteiger partial charge on any atom is 0.433 e. The fourth-order valence-electron chi connectivity index (χ4n) is 2.10. The number of hydrogen-bond donors (Lipinski definition) is 3. The molecule has 5 nitrogen and oxygen atoms in total. The number of rotatable bonds is 4. The quantitative estimate of drug-likeness (QED) is 0.539. The van der Waals surface area contributed by atoms with Crippen molar-refractivity contribution in [3.8, 4) is 0 Å². The highest BCUT2D eigenvalue weighted by molar-refractivity contribution is 6.39. The molecule has 158 valence electrons. The highest BCUT2D eigenvalue weighted by atomic mass is 35.5. The van der Waals surface area contributed by atoms with Crippen LogP contribution >= 0.6 is 23.2 Å². The lowest BCUT2D eigenvalue weighted by Gasteiger charge is -2.17. The Morgan fingerprint density at radius 3 is 2.14 bits per heavy atom. The van der Waals surface area contributed by atoms with E-state index in [2.05, 4.69) is 15.6 Å². The number of carbonyl (C=O) groups is 1. The van der Waals surface area contributed by atoms with Crippen molar-refractivity contribution in [1.82, 2.24) is 10.3 Å². The molecular formula is C16H11Cl2F6N3O2. The first-order valence-corrected chi connectivity index (χ1v) is 8.35. The predicted octanol–water partition coefficient (Wildman–Crippen LogP) is 5.32. The molecule has 1 heterocycles. The van der Waals surface area contributed by atoms with Gasteiger partial charge in [0.25, 0.3) is 0 Å². The first-order valence-electron chi connectivity index (χ1n) is 7.59. The Kier molecular flexibility index (Phi) is 6.86. The summed E-state index contributed by atoms with van der Waals surface area (Å²) >= 11 is 11.7. The first-order chi connectivity index (χ1) is 13.3. The highest BCUT2D eigenvalue weighted by Crippen LogP contribution is 2.38. The molecule has 0 unspecified atom stereocenters. The van der Waals surface area contributed by atoms with Crippen molar-refractivity contribution < 1.29 is 36.2 Å². The van der Waals surface area contributed by atoms with Gasteiger partial charge in [0.2, 0.25) is 0 Å². The van der Waals surface area contributed by atoms with Gasteiger partial charge in [-0.3, -0.25) is 4.98 Å². The highest BCUT2D eigenvalue weighted by Gasteiger charge is 2.40. The van der Waals surface area contributed by atoms with E-state index in [0.29, 0.717) is 0 Å². The summed E-state index contributed by atoms with van der Waals surface area (Å²) in [6.45, 7) is -0.197. The maximum atomic E-state index is 12.6. The number of nitrogens with zero attached hydrogens (tertiary/aromatic N) is 1. The normalized spacial score (nSPS) is 13.1. The monoisotopic (exact) mass is 461 g/mol. The van der Waals surface area contributed by atoms with Crippen LogP contribution in [0, 0.1) is 0 Å². The van der Waals surface area contributed by atoms with Crippen LogP contribution < -0.4 is 10.6 Å². The number of benzene rings is 1. The number of nitrogens with one attached hydrogen (secondary N) is 2. The third-order valence-corrected chi connectivity index (χ3v) is 4.09. The number of halogens is 8. The molecular weight excluding hydrogens is 451 g/mol. The minimum Gasteiger partial charge on any atom is -0.379 e. The van der Waals surface area contributed by atoms with Crippen LogP contribution in [0.4, 0.5) is 36.8 Å². The van der Waals surface area contributed by atoms with Crippen LogP contribution in [0.25, 0.3) is 0 Å². The number of carbonyl (C=O) groups excluding carboxylic acids is 1. The van der Waals surface area contributed by atoms with E-state index in [1.54, 1.807) is 0 Å². The number of aliphatic hydroxyl groups is 1. The second-order valence-corrected chi connectivity index (χ2v) is 6.48. The van der Waals surface area contributed by atoms with Crippen molar-refractivity contribution in [2.45, 2.75) is 25.0 Å². The first kappa shape index (κ1) is 23.0. The van der Waals surface area contributed by atoms with E-state index >= 15 is 0 Å². The van der Waals surface area contributed by atoms with Crippen LogP contribution in [0.3, 0.4) is 0 Å².